The molecule has 7 nitrogen and oxygen atoms in total. The molecule has 30 heavy (non-hydrogen) atoms. The highest BCUT2D eigenvalue weighted by Gasteiger charge is 2.26. The fourth-order valence-corrected chi connectivity index (χ4v) is 3.50. The molecule has 2 aromatic carbocycles. The number of benzene rings is 2. The zero-order valence-corrected chi connectivity index (χ0v) is 16.9. The number of carbonyl (C=O) groups is 2. The van der Waals surface area contributed by atoms with Crippen molar-refractivity contribution < 1.29 is 14.3 Å². The molecular formula is C23H24N4O3. The van der Waals surface area contributed by atoms with Gasteiger partial charge in [0.25, 0.3) is 11.8 Å². The summed E-state index contributed by atoms with van der Waals surface area (Å²) in [7, 11) is 0. The first-order valence-electron chi connectivity index (χ1n) is 10.1. The van der Waals surface area contributed by atoms with Gasteiger partial charge in [-0.15, -0.1) is 0 Å². The lowest BCUT2D eigenvalue weighted by Gasteiger charge is -2.20. The zero-order chi connectivity index (χ0) is 20.9. The van der Waals surface area contributed by atoms with Crippen LogP contribution in [0.25, 0.3) is 0 Å². The molecule has 4 rings (SSSR count). The molecule has 2 heterocycles. The topological polar surface area (TPSA) is 76.5 Å². The molecule has 0 spiro atoms. The Bertz CT molecular complexity index is 1030. The van der Waals surface area contributed by atoms with Crippen molar-refractivity contribution in [3.8, 4) is 5.75 Å². The zero-order valence-electron chi connectivity index (χ0n) is 16.9. The van der Waals surface area contributed by atoms with E-state index >= 15 is 0 Å². The monoisotopic (exact) mass is 404 g/mol. The van der Waals surface area contributed by atoms with Crippen LogP contribution in [0.5, 0.6) is 5.75 Å². The number of aromatic nitrogens is 2. The molecule has 0 unspecified atom stereocenters. The molecule has 0 atom stereocenters. The quantitative estimate of drug-likeness (QED) is 0.681. The number of hydrogen-bond acceptors (Lipinski definition) is 4. The third-order valence-electron chi connectivity index (χ3n) is 4.96. The van der Waals surface area contributed by atoms with Gasteiger partial charge in [0, 0.05) is 31.4 Å². The van der Waals surface area contributed by atoms with Gasteiger partial charge < -0.3 is 15.0 Å². The number of ether oxygens (including phenoxy) is 1. The van der Waals surface area contributed by atoms with Crippen LogP contribution in [-0.4, -0.2) is 39.6 Å². The molecule has 0 saturated heterocycles. The summed E-state index contributed by atoms with van der Waals surface area (Å²) in [5, 5.41) is 7.20. The largest absolute Gasteiger partial charge is 0.494 e. The molecule has 154 valence electrons. The number of rotatable bonds is 6. The van der Waals surface area contributed by atoms with Crippen LogP contribution in [0.3, 0.4) is 0 Å². The third-order valence-corrected chi connectivity index (χ3v) is 4.96. The molecule has 0 fully saturated rings. The SMILES string of the molecule is CCOc1ccc(NC(=O)c2cc3n(n2)CCCN(Cc2ccccc2)C3=O)cc1. The van der Waals surface area contributed by atoms with E-state index in [1.165, 1.54) is 0 Å². The number of hydrogen-bond donors (Lipinski definition) is 1. The van der Waals surface area contributed by atoms with Gasteiger partial charge in [-0.2, -0.15) is 5.10 Å². The number of nitrogens with one attached hydrogen (secondary N) is 1. The van der Waals surface area contributed by atoms with Crippen molar-refractivity contribution in [1.82, 2.24) is 14.7 Å². The van der Waals surface area contributed by atoms with Gasteiger partial charge in [-0.3, -0.25) is 14.3 Å². The molecule has 1 N–H and O–H groups in total. The van der Waals surface area contributed by atoms with Gasteiger partial charge in [-0.1, -0.05) is 30.3 Å². The maximum Gasteiger partial charge on any atom is 0.276 e. The fourth-order valence-electron chi connectivity index (χ4n) is 3.50. The predicted octanol–water partition coefficient (Wildman–Crippen LogP) is 3.58. The van der Waals surface area contributed by atoms with Gasteiger partial charge in [0.2, 0.25) is 0 Å². The van der Waals surface area contributed by atoms with Crippen LogP contribution in [0, 0.1) is 0 Å². The highest BCUT2D eigenvalue weighted by atomic mass is 16.5. The second-order valence-corrected chi connectivity index (χ2v) is 7.12. The van der Waals surface area contributed by atoms with Crippen molar-refractivity contribution >= 4 is 17.5 Å². The van der Waals surface area contributed by atoms with E-state index in [4.69, 9.17) is 4.74 Å². The first kappa shape index (κ1) is 19.7. The maximum atomic E-state index is 13.1. The minimum absolute atomic E-state index is 0.107. The van der Waals surface area contributed by atoms with E-state index in [1.807, 2.05) is 42.2 Å². The Labute approximate surface area is 175 Å². The van der Waals surface area contributed by atoms with Crippen LogP contribution < -0.4 is 10.1 Å². The summed E-state index contributed by atoms with van der Waals surface area (Å²) >= 11 is 0. The van der Waals surface area contributed by atoms with E-state index in [9.17, 15) is 9.59 Å². The van der Waals surface area contributed by atoms with Gasteiger partial charge in [0.15, 0.2) is 5.69 Å². The summed E-state index contributed by atoms with van der Waals surface area (Å²) in [5.41, 5.74) is 2.39. The number of aryl methyl sites for hydroxylation is 1. The van der Waals surface area contributed by atoms with Crippen LogP contribution in [0.1, 0.15) is 39.9 Å². The van der Waals surface area contributed by atoms with Crippen molar-refractivity contribution in [2.24, 2.45) is 0 Å². The number of anilines is 1. The molecule has 0 aliphatic carbocycles. The van der Waals surface area contributed by atoms with Crippen LogP contribution >= 0.6 is 0 Å². The van der Waals surface area contributed by atoms with E-state index < -0.39 is 0 Å². The van der Waals surface area contributed by atoms with Gasteiger partial charge in [-0.25, -0.2) is 0 Å². The van der Waals surface area contributed by atoms with Crippen molar-refractivity contribution in [1.29, 1.82) is 0 Å². The van der Waals surface area contributed by atoms with Gasteiger partial charge >= 0.3 is 0 Å². The van der Waals surface area contributed by atoms with E-state index in [2.05, 4.69) is 10.4 Å². The van der Waals surface area contributed by atoms with Crippen LogP contribution in [0.2, 0.25) is 0 Å². The lowest BCUT2D eigenvalue weighted by molar-refractivity contribution is 0.0745. The number of amides is 2. The summed E-state index contributed by atoms with van der Waals surface area (Å²) in [5.74, 6) is 0.291. The van der Waals surface area contributed by atoms with E-state index in [0.717, 1.165) is 17.7 Å². The summed E-state index contributed by atoms with van der Waals surface area (Å²) < 4.78 is 7.05. The Kier molecular flexibility index (Phi) is 5.79. The van der Waals surface area contributed by atoms with Crippen molar-refractivity contribution in [2.45, 2.75) is 26.4 Å². The van der Waals surface area contributed by atoms with Crippen LogP contribution in [0.4, 0.5) is 5.69 Å². The predicted molar refractivity (Wildman–Crippen MR) is 114 cm³/mol. The molecule has 1 aromatic heterocycles. The molecule has 2 amide bonds. The van der Waals surface area contributed by atoms with E-state index in [1.54, 1.807) is 35.0 Å². The van der Waals surface area contributed by atoms with Gasteiger partial charge in [-0.05, 0) is 43.2 Å². The number of fused-ring (bicyclic) bond motifs is 1. The highest BCUT2D eigenvalue weighted by molar-refractivity contribution is 6.04. The first-order valence-corrected chi connectivity index (χ1v) is 10.1. The van der Waals surface area contributed by atoms with Crippen molar-refractivity contribution in [3.63, 3.8) is 0 Å². The Morgan fingerprint density at radius 2 is 1.87 bits per heavy atom. The van der Waals surface area contributed by atoms with Crippen molar-refractivity contribution in [2.75, 3.05) is 18.5 Å². The minimum Gasteiger partial charge on any atom is -0.494 e. The van der Waals surface area contributed by atoms with E-state index in [-0.39, 0.29) is 17.5 Å². The Hall–Kier alpha value is -3.61. The fraction of sp³-hybridized carbons (Fsp3) is 0.261. The molecule has 1 aliphatic heterocycles. The molecule has 0 bridgehead atoms. The van der Waals surface area contributed by atoms with Crippen LogP contribution in [0.15, 0.2) is 60.7 Å². The molecule has 0 saturated carbocycles. The minimum atomic E-state index is -0.345. The smallest absolute Gasteiger partial charge is 0.276 e. The van der Waals surface area contributed by atoms with Gasteiger partial charge in [0.1, 0.15) is 11.4 Å². The van der Waals surface area contributed by atoms with Crippen LogP contribution in [-0.2, 0) is 13.1 Å². The second kappa shape index (κ2) is 8.82. The van der Waals surface area contributed by atoms with Gasteiger partial charge in [0.05, 0.1) is 6.61 Å². The maximum absolute atomic E-state index is 13.1. The number of carbonyl (C=O) groups excluding carboxylic acids is 2. The molecule has 3 aromatic rings. The Balaban J connectivity index is 1.48. The molecular weight excluding hydrogens is 380 g/mol. The molecule has 1 aliphatic rings. The first-order chi connectivity index (χ1) is 14.6. The van der Waals surface area contributed by atoms with E-state index in [0.29, 0.717) is 37.6 Å². The normalized spacial score (nSPS) is 13.5. The molecule has 0 radical (unpaired) electrons. The summed E-state index contributed by atoms with van der Waals surface area (Å²) in [4.78, 5) is 27.5. The molecule has 7 heteroatoms. The lowest BCUT2D eigenvalue weighted by Crippen LogP contribution is -2.30. The average molecular weight is 404 g/mol. The summed E-state index contributed by atoms with van der Waals surface area (Å²) in [6, 6.07) is 18.6. The standard InChI is InChI=1S/C23H24N4O3/c1-2-30-19-11-9-18(10-12-19)24-22(28)20-15-21-23(29)26(13-6-14-27(21)25-20)16-17-7-4-3-5-8-17/h3-5,7-12,15H,2,6,13-14,16H2,1H3,(H,24,28). The van der Waals surface area contributed by atoms with Crippen molar-refractivity contribution in [3.05, 3.63) is 77.6 Å². The Morgan fingerprint density at radius 1 is 1.10 bits per heavy atom. The second-order valence-electron chi connectivity index (χ2n) is 7.12. The highest BCUT2D eigenvalue weighted by Crippen LogP contribution is 2.19. The summed E-state index contributed by atoms with van der Waals surface area (Å²) in [6.07, 6.45) is 0.785. The Morgan fingerprint density at radius 3 is 2.60 bits per heavy atom. The average Bonchev–Trinajstić information content (AvgIpc) is 3.13. The third kappa shape index (κ3) is 4.35. The lowest BCUT2D eigenvalue weighted by atomic mass is 10.2. The number of nitrogens with zero attached hydrogens (tertiary/aromatic N) is 3. The summed E-state index contributed by atoms with van der Waals surface area (Å²) in [6.45, 7) is 4.30.